The van der Waals surface area contributed by atoms with Crippen molar-refractivity contribution in [3.63, 3.8) is 0 Å². The number of aliphatic hydroxyl groups excluding tert-OH is 1. The van der Waals surface area contributed by atoms with E-state index in [1.807, 2.05) is 0 Å². The fraction of sp³-hybridized carbons (Fsp3) is 0.900. The summed E-state index contributed by atoms with van der Waals surface area (Å²) in [5, 5.41) is 18.1. The largest absolute Gasteiger partial charge is 0.465 e. The van der Waals surface area contributed by atoms with Crippen LogP contribution in [0.25, 0.3) is 0 Å². The molecule has 1 aliphatic heterocycles. The van der Waals surface area contributed by atoms with Crippen LogP contribution in [0.3, 0.4) is 0 Å². The van der Waals surface area contributed by atoms with Crippen LogP contribution in [0.2, 0.25) is 0 Å². The number of likely N-dealkylation sites (tertiary alicyclic amines) is 1. The Morgan fingerprint density at radius 3 is 2.50 bits per heavy atom. The van der Waals surface area contributed by atoms with E-state index in [9.17, 15) is 4.79 Å². The first-order valence-electron chi connectivity index (χ1n) is 5.27. The van der Waals surface area contributed by atoms with Gasteiger partial charge in [-0.1, -0.05) is 12.8 Å². The molecule has 1 atom stereocenters. The van der Waals surface area contributed by atoms with Crippen LogP contribution in [-0.2, 0) is 0 Å². The summed E-state index contributed by atoms with van der Waals surface area (Å²) in [4.78, 5) is 12.3. The SMILES string of the molecule is O=C(O)N1CC2(CCCC2)CC1CO. The quantitative estimate of drug-likeness (QED) is 0.669. The maximum absolute atomic E-state index is 10.9. The summed E-state index contributed by atoms with van der Waals surface area (Å²) in [5.74, 6) is 0. The predicted molar refractivity (Wildman–Crippen MR) is 51.1 cm³/mol. The Hall–Kier alpha value is -0.770. The summed E-state index contributed by atoms with van der Waals surface area (Å²) in [5.41, 5.74) is 0.200. The lowest BCUT2D eigenvalue weighted by Crippen LogP contribution is -2.37. The van der Waals surface area contributed by atoms with E-state index in [-0.39, 0.29) is 18.1 Å². The Labute approximate surface area is 83.5 Å². The zero-order valence-electron chi connectivity index (χ0n) is 8.28. The molecule has 1 heterocycles. The van der Waals surface area contributed by atoms with Crippen molar-refractivity contribution in [1.82, 2.24) is 4.90 Å². The minimum atomic E-state index is -0.882. The Morgan fingerprint density at radius 2 is 2.07 bits per heavy atom. The van der Waals surface area contributed by atoms with Crippen LogP contribution in [0.1, 0.15) is 32.1 Å². The minimum absolute atomic E-state index is 0.0337. The Morgan fingerprint density at radius 1 is 1.43 bits per heavy atom. The molecule has 1 aliphatic carbocycles. The minimum Gasteiger partial charge on any atom is -0.465 e. The van der Waals surface area contributed by atoms with Gasteiger partial charge < -0.3 is 15.1 Å². The van der Waals surface area contributed by atoms with E-state index in [1.165, 1.54) is 17.7 Å². The van der Waals surface area contributed by atoms with E-state index in [0.29, 0.717) is 6.54 Å². The highest BCUT2D eigenvalue weighted by atomic mass is 16.4. The monoisotopic (exact) mass is 199 g/mol. The molecule has 1 spiro atoms. The number of amides is 1. The highest BCUT2D eigenvalue weighted by molar-refractivity contribution is 5.66. The molecular formula is C10H17NO3. The van der Waals surface area contributed by atoms with Gasteiger partial charge in [0.15, 0.2) is 0 Å². The van der Waals surface area contributed by atoms with E-state index < -0.39 is 6.09 Å². The molecule has 0 aromatic carbocycles. The fourth-order valence-electron chi connectivity index (χ4n) is 3.04. The van der Waals surface area contributed by atoms with Gasteiger partial charge in [0.1, 0.15) is 0 Å². The van der Waals surface area contributed by atoms with Gasteiger partial charge in [0, 0.05) is 6.54 Å². The highest BCUT2D eigenvalue weighted by Crippen LogP contribution is 2.47. The van der Waals surface area contributed by atoms with Crippen molar-refractivity contribution >= 4 is 6.09 Å². The lowest BCUT2D eigenvalue weighted by atomic mass is 9.84. The molecule has 4 heteroatoms. The van der Waals surface area contributed by atoms with Gasteiger partial charge in [-0.05, 0) is 24.7 Å². The number of rotatable bonds is 1. The molecule has 2 fully saturated rings. The third-order valence-corrected chi connectivity index (χ3v) is 3.74. The number of nitrogens with zero attached hydrogens (tertiary/aromatic N) is 1. The van der Waals surface area contributed by atoms with Crippen molar-refractivity contribution in [1.29, 1.82) is 0 Å². The zero-order valence-corrected chi connectivity index (χ0v) is 8.28. The van der Waals surface area contributed by atoms with Crippen molar-refractivity contribution in [2.24, 2.45) is 5.41 Å². The van der Waals surface area contributed by atoms with Crippen LogP contribution in [0, 0.1) is 5.41 Å². The summed E-state index contributed by atoms with van der Waals surface area (Å²) in [6, 6.07) is -0.161. The summed E-state index contributed by atoms with van der Waals surface area (Å²) < 4.78 is 0. The smallest absolute Gasteiger partial charge is 0.407 e. The normalized spacial score (nSPS) is 30.1. The maximum atomic E-state index is 10.9. The van der Waals surface area contributed by atoms with Gasteiger partial charge in [0.2, 0.25) is 0 Å². The van der Waals surface area contributed by atoms with E-state index in [4.69, 9.17) is 10.2 Å². The van der Waals surface area contributed by atoms with Crippen molar-refractivity contribution in [3.05, 3.63) is 0 Å². The van der Waals surface area contributed by atoms with Crippen LogP contribution in [0.4, 0.5) is 4.79 Å². The Bertz CT molecular complexity index is 236. The Balaban J connectivity index is 2.10. The lowest BCUT2D eigenvalue weighted by molar-refractivity contribution is 0.117. The number of carboxylic acid groups (broad SMARTS) is 1. The first kappa shape index (κ1) is 9.77. The summed E-state index contributed by atoms with van der Waals surface area (Å²) >= 11 is 0. The molecule has 2 N–H and O–H groups in total. The van der Waals surface area contributed by atoms with E-state index in [1.54, 1.807) is 0 Å². The molecule has 0 aromatic heterocycles. The van der Waals surface area contributed by atoms with E-state index >= 15 is 0 Å². The van der Waals surface area contributed by atoms with Crippen LogP contribution < -0.4 is 0 Å². The molecule has 14 heavy (non-hydrogen) atoms. The molecule has 0 bridgehead atoms. The van der Waals surface area contributed by atoms with Crippen molar-refractivity contribution < 1.29 is 15.0 Å². The zero-order chi connectivity index (χ0) is 10.2. The molecule has 0 radical (unpaired) electrons. The predicted octanol–water partition coefficient (Wildman–Crippen LogP) is 1.29. The second-order valence-corrected chi connectivity index (χ2v) is 4.66. The molecule has 1 unspecified atom stereocenters. The number of carbonyl (C=O) groups is 1. The summed E-state index contributed by atoms with van der Waals surface area (Å²) in [6.07, 6.45) is 4.67. The van der Waals surface area contributed by atoms with Gasteiger partial charge in [-0.25, -0.2) is 4.79 Å². The molecule has 1 saturated carbocycles. The fourth-order valence-corrected chi connectivity index (χ4v) is 3.04. The topological polar surface area (TPSA) is 60.8 Å². The van der Waals surface area contributed by atoms with E-state index in [0.717, 1.165) is 19.3 Å². The van der Waals surface area contributed by atoms with Crippen molar-refractivity contribution in [3.8, 4) is 0 Å². The van der Waals surface area contributed by atoms with Crippen molar-refractivity contribution in [2.45, 2.75) is 38.1 Å². The van der Waals surface area contributed by atoms with Gasteiger partial charge in [0.05, 0.1) is 12.6 Å². The third-order valence-electron chi connectivity index (χ3n) is 3.74. The molecular weight excluding hydrogens is 182 g/mol. The highest BCUT2D eigenvalue weighted by Gasteiger charge is 2.46. The second kappa shape index (κ2) is 3.42. The van der Waals surface area contributed by atoms with Gasteiger partial charge in [0.25, 0.3) is 0 Å². The molecule has 4 nitrogen and oxygen atoms in total. The molecule has 2 rings (SSSR count). The van der Waals surface area contributed by atoms with Crippen LogP contribution in [0.5, 0.6) is 0 Å². The van der Waals surface area contributed by atoms with Crippen LogP contribution in [-0.4, -0.2) is 40.4 Å². The number of hydrogen-bond acceptors (Lipinski definition) is 2. The van der Waals surface area contributed by atoms with Gasteiger partial charge in [-0.15, -0.1) is 0 Å². The second-order valence-electron chi connectivity index (χ2n) is 4.66. The number of hydrogen-bond donors (Lipinski definition) is 2. The van der Waals surface area contributed by atoms with Gasteiger partial charge in [-0.2, -0.15) is 0 Å². The average Bonchev–Trinajstić information content (AvgIpc) is 2.74. The standard InChI is InChI=1S/C10H17NO3/c12-6-8-5-10(3-1-2-4-10)7-11(8)9(13)14/h8,12H,1-7H2,(H,13,14). The number of aliphatic hydroxyl groups is 1. The maximum Gasteiger partial charge on any atom is 0.407 e. The lowest BCUT2D eigenvalue weighted by Gasteiger charge is -2.21. The molecule has 0 aromatic rings. The first-order valence-corrected chi connectivity index (χ1v) is 5.27. The van der Waals surface area contributed by atoms with Crippen LogP contribution in [0.15, 0.2) is 0 Å². The molecule has 2 aliphatic rings. The third kappa shape index (κ3) is 1.47. The Kier molecular flexibility index (Phi) is 2.39. The van der Waals surface area contributed by atoms with Gasteiger partial charge >= 0.3 is 6.09 Å². The summed E-state index contributed by atoms with van der Waals surface area (Å²) in [7, 11) is 0. The summed E-state index contributed by atoms with van der Waals surface area (Å²) in [6.45, 7) is 0.599. The van der Waals surface area contributed by atoms with Gasteiger partial charge in [-0.3, -0.25) is 0 Å². The first-order chi connectivity index (χ1) is 6.67. The molecule has 80 valence electrons. The van der Waals surface area contributed by atoms with Crippen LogP contribution >= 0.6 is 0 Å². The average molecular weight is 199 g/mol. The molecule has 1 saturated heterocycles. The van der Waals surface area contributed by atoms with E-state index in [2.05, 4.69) is 0 Å². The molecule has 1 amide bonds. The van der Waals surface area contributed by atoms with Crippen molar-refractivity contribution in [2.75, 3.05) is 13.2 Å².